The van der Waals surface area contributed by atoms with Gasteiger partial charge in [0.1, 0.15) is 0 Å². The predicted molar refractivity (Wildman–Crippen MR) is 72.4 cm³/mol. The molecule has 0 saturated carbocycles. The van der Waals surface area contributed by atoms with Crippen LogP contribution in [-0.4, -0.2) is 30.4 Å². The van der Waals surface area contributed by atoms with Gasteiger partial charge in [0.15, 0.2) is 16.6 Å². The lowest BCUT2D eigenvalue weighted by Crippen LogP contribution is -2.42. The van der Waals surface area contributed by atoms with Crippen LogP contribution >= 0.6 is 0 Å². The number of hydrogen-bond donors (Lipinski definition) is 0. The zero-order valence-electron chi connectivity index (χ0n) is 11.4. The Bertz CT molecular complexity index is 164. The lowest BCUT2D eigenvalue weighted by Gasteiger charge is -2.31. The predicted octanol–water partition coefficient (Wildman–Crippen LogP) is 3.86. The van der Waals surface area contributed by atoms with Gasteiger partial charge in [-0.25, -0.2) is 0 Å². The number of hydrogen-bond acceptors (Lipinski definition) is 2. The van der Waals surface area contributed by atoms with Crippen LogP contribution in [-0.2, 0) is 8.85 Å². The van der Waals surface area contributed by atoms with E-state index in [1.807, 2.05) is 0 Å². The van der Waals surface area contributed by atoms with Crippen molar-refractivity contribution in [1.82, 2.24) is 0 Å². The third-order valence-electron chi connectivity index (χ3n) is 2.21. The van der Waals surface area contributed by atoms with Crippen molar-refractivity contribution < 1.29 is 8.85 Å². The molecule has 0 fully saturated rings. The summed E-state index contributed by atoms with van der Waals surface area (Å²) in [5.41, 5.74) is 0. The average Bonchev–Trinajstić information content (AvgIpc) is 1.99. The van der Waals surface area contributed by atoms with Crippen molar-refractivity contribution in [2.45, 2.75) is 58.0 Å². The number of rotatable bonds is 8. The first kappa shape index (κ1) is 15.4. The van der Waals surface area contributed by atoms with E-state index >= 15 is 0 Å². The van der Waals surface area contributed by atoms with Gasteiger partial charge < -0.3 is 8.85 Å². The molecule has 0 amide bonds. The summed E-state index contributed by atoms with van der Waals surface area (Å²) < 4.78 is 11.3. The van der Waals surface area contributed by atoms with Crippen LogP contribution in [0, 0.1) is 0 Å². The van der Waals surface area contributed by atoms with E-state index in [2.05, 4.69) is 32.7 Å². The third kappa shape index (κ3) is 10.6. The highest BCUT2D eigenvalue weighted by Crippen LogP contribution is 2.20. The summed E-state index contributed by atoms with van der Waals surface area (Å²) in [7, 11) is -0.938. The van der Waals surface area contributed by atoms with Gasteiger partial charge in [-0.2, -0.15) is 0 Å². The van der Waals surface area contributed by atoms with Crippen LogP contribution in [0.1, 0.15) is 19.3 Å². The highest BCUT2D eigenvalue weighted by Gasteiger charge is 2.28. The van der Waals surface area contributed by atoms with Gasteiger partial charge in [0.2, 0.25) is 0 Å². The molecule has 0 aliphatic rings. The van der Waals surface area contributed by atoms with Gasteiger partial charge in [-0.3, -0.25) is 0 Å². The Balaban J connectivity index is 3.65. The van der Waals surface area contributed by atoms with Crippen LogP contribution in [0.2, 0.25) is 38.8 Å². The molecule has 0 heterocycles. The minimum Gasteiger partial charge on any atom is -0.456 e. The molecule has 2 nitrogen and oxygen atoms in total. The summed E-state index contributed by atoms with van der Waals surface area (Å²) in [5, 5.41) is 0. The molecule has 0 rings (SSSR count). The summed E-state index contributed by atoms with van der Waals surface area (Å²) in [6.07, 6.45) is 3.76. The Labute approximate surface area is 97.6 Å². The molecule has 0 N–H and O–H groups in total. The minimum absolute atomic E-state index is 0.900. The second-order valence-electron chi connectivity index (χ2n) is 5.78. The van der Waals surface area contributed by atoms with Crippen molar-refractivity contribution in [3.05, 3.63) is 0 Å². The van der Waals surface area contributed by atoms with Crippen LogP contribution in [0.15, 0.2) is 0 Å². The largest absolute Gasteiger partial charge is 0.456 e. The molecule has 0 aromatic heterocycles. The molecular weight excluding hydrogens is 220 g/mol. The number of unbranched alkanes of at least 4 members (excludes halogenated alkanes) is 2. The monoisotopic (exact) mass is 248 g/mol. The summed E-state index contributed by atoms with van der Waals surface area (Å²) >= 11 is 0. The standard InChI is InChI=1S/C11H28O2Si2/c1-12-10-8-7-9-11-15(5,6)13-14(2,3)4/h7-11H2,1-6H3. The lowest BCUT2D eigenvalue weighted by atomic mass is 10.3. The molecule has 0 radical (unpaired) electrons. The van der Waals surface area contributed by atoms with E-state index in [0.29, 0.717) is 0 Å². The van der Waals surface area contributed by atoms with Crippen molar-refractivity contribution in [2.75, 3.05) is 13.7 Å². The molecule has 0 aromatic rings. The first-order valence-corrected chi connectivity index (χ1v) is 12.5. The Morgan fingerprint density at radius 1 is 0.867 bits per heavy atom. The SMILES string of the molecule is COCCCCC[Si](C)(C)O[Si](C)(C)C. The molecule has 0 aliphatic heterocycles. The molecule has 0 saturated heterocycles. The molecule has 0 unspecified atom stereocenters. The molecule has 0 atom stereocenters. The molecule has 15 heavy (non-hydrogen) atoms. The van der Waals surface area contributed by atoms with Gasteiger partial charge in [-0.1, -0.05) is 12.8 Å². The van der Waals surface area contributed by atoms with Crippen molar-refractivity contribution in [1.29, 1.82) is 0 Å². The average molecular weight is 249 g/mol. The first-order chi connectivity index (χ1) is 6.77. The van der Waals surface area contributed by atoms with Crippen LogP contribution in [0.25, 0.3) is 0 Å². The van der Waals surface area contributed by atoms with Crippen LogP contribution in [0.3, 0.4) is 0 Å². The molecule has 4 heteroatoms. The number of ether oxygens (including phenoxy) is 1. The fraction of sp³-hybridized carbons (Fsp3) is 1.00. The van der Waals surface area contributed by atoms with E-state index in [9.17, 15) is 0 Å². The van der Waals surface area contributed by atoms with E-state index in [-0.39, 0.29) is 0 Å². The molecule has 0 bridgehead atoms. The first-order valence-electron chi connectivity index (χ1n) is 5.96. The van der Waals surface area contributed by atoms with Gasteiger partial charge in [-0.05, 0) is 45.2 Å². The smallest absolute Gasteiger partial charge is 0.173 e. The summed E-state index contributed by atoms with van der Waals surface area (Å²) in [4.78, 5) is 0. The second kappa shape index (κ2) is 6.83. The highest BCUT2D eigenvalue weighted by molar-refractivity contribution is 6.84. The Kier molecular flexibility index (Phi) is 6.99. The normalized spacial score (nSPS) is 13.2. The fourth-order valence-electron chi connectivity index (χ4n) is 1.85. The fourth-order valence-corrected chi connectivity index (χ4v) is 9.99. The van der Waals surface area contributed by atoms with E-state index in [1.54, 1.807) is 7.11 Å². The zero-order valence-corrected chi connectivity index (χ0v) is 13.4. The van der Waals surface area contributed by atoms with E-state index < -0.39 is 16.6 Å². The maximum Gasteiger partial charge on any atom is 0.173 e. The summed E-state index contributed by atoms with van der Waals surface area (Å²) in [6, 6.07) is 1.29. The Morgan fingerprint density at radius 2 is 1.47 bits per heavy atom. The maximum absolute atomic E-state index is 6.28. The third-order valence-corrected chi connectivity index (χ3v) is 8.43. The van der Waals surface area contributed by atoms with Gasteiger partial charge in [0, 0.05) is 13.7 Å². The molecule has 92 valence electrons. The van der Waals surface area contributed by atoms with Crippen LogP contribution in [0.4, 0.5) is 0 Å². The molecular formula is C11H28O2Si2. The van der Waals surface area contributed by atoms with Crippen molar-refractivity contribution in [2.24, 2.45) is 0 Å². The Hall–Kier alpha value is 0.354. The Morgan fingerprint density at radius 3 is 1.93 bits per heavy atom. The van der Waals surface area contributed by atoms with E-state index in [0.717, 1.165) is 6.61 Å². The minimum atomic E-state index is -1.38. The maximum atomic E-state index is 6.28. The van der Waals surface area contributed by atoms with Crippen molar-refractivity contribution in [3.63, 3.8) is 0 Å². The van der Waals surface area contributed by atoms with Crippen LogP contribution in [0.5, 0.6) is 0 Å². The molecule has 0 spiro atoms. The van der Waals surface area contributed by atoms with Gasteiger partial charge in [0.25, 0.3) is 0 Å². The number of methoxy groups -OCH3 is 1. The molecule has 0 aliphatic carbocycles. The van der Waals surface area contributed by atoms with Crippen molar-refractivity contribution >= 4 is 16.6 Å². The quantitative estimate of drug-likeness (QED) is 0.480. The topological polar surface area (TPSA) is 18.5 Å². The van der Waals surface area contributed by atoms with E-state index in [4.69, 9.17) is 8.85 Å². The molecule has 0 aromatic carbocycles. The van der Waals surface area contributed by atoms with Gasteiger partial charge in [0.05, 0.1) is 0 Å². The zero-order chi connectivity index (χ0) is 11.9. The summed E-state index contributed by atoms with van der Waals surface area (Å²) in [5.74, 6) is 0. The van der Waals surface area contributed by atoms with Gasteiger partial charge >= 0.3 is 0 Å². The summed E-state index contributed by atoms with van der Waals surface area (Å²) in [6.45, 7) is 12.5. The van der Waals surface area contributed by atoms with Crippen molar-refractivity contribution in [3.8, 4) is 0 Å². The van der Waals surface area contributed by atoms with E-state index in [1.165, 1.54) is 25.3 Å². The highest BCUT2D eigenvalue weighted by atomic mass is 28.4. The van der Waals surface area contributed by atoms with Crippen LogP contribution < -0.4 is 0 Å². The lowest BCUT2D eigenvalue weighted by molar-refractivity contribution is 0.192. The second-order valence-corrected chi connectivity index (χ2v) is 14.8. The van der Waals surface area contributed by atoms with Gasteiger partial charge in [-0.15, -0.1) is 0 Å².